The average Bonchev–Trinajstić information content (AvgIpc) is 2.90. The fourth-order valence-corrected chi connectivity index (χ4v) is 2.09. The van der Waals surface area contributed by atoms with Crippen LogP contribution in [0.2, 0.25) is 0 Å². The van der Waals surface area contributed by atoms with E-state index in [0.717, 1.165) is 0 Å². The molecule has 0 N–H and O–H groups in total. The van der Waals surface area contributed by atoms with Crippen LogP contribution in [0.25, 0.3) is 11.0 Å². The van der Waals surface area contributed by atoms with Gasteiger partial charge >= 0.3 is 0 Å². The first-order valence-electron chi connectivity index (χ1n) is 6.44. The molecule has 0 unspecified atom stereocenters. The molecule has 2 aromatic heterocycles. The number of ether oxygens (including phenoxy) is 2. The molecule has 0 aliphatic rings. The number of hydrogen-bond acceptors (Lipinski definition) is 6. The van der Waals surface area contributed by atoms with Gasteiger partial charge in [-0.25, -0.2) is 4.98 Å². The number of fused-ring (bicyclic) bond motifs is 1. The number of aromatic carboxylic acids is 1. The van der Waals surface area contributed by atoms with E-state index in [2.05, 4.69) is 10.1 Å². The number of rotatable bonds is 4. The van der Waals surface area contributed by atoms with Gasteiger partial charge in [-0.05, 0) is 24.3 Å². The van der Waals surface area contributed by atoms with Crippen LogP contribution in [-0.2, 0) is 7.05 Å². The van der Waals surface area contributed by atoms with Gasteiger partial charge in [-0.2, -0.15) is 5.10 Å². The SMILES string of the molecule is COc1ccc(Oc2c(C(=O)[O-])cnc3c2cnn3C)cc1. The van der Waals surface area contributed by atoms with Crippen molar-refractivity contribution in [2.24, 2.45) is 7.05 Å². The fourth-order valence-electron chi connectivity index (χ4n) is 2.09. The Hall–Kier alpha value is -3.09. The zero-order valence-electron chi connectivity index (χ0n) is 11.9. The molecule has 112 valence electrons. The number of aromatic nitrogens is 3. The Morgan fingerprint density at radius 1 is 1.18 bits per heavy atom. The van der Waals surface area contributed by atoms with Gasteiger partial charge in [0.25, 0.3) is 0 Å². The van der Waals surface area contributed by atoms with Crippen molar-refractivity contribution >= 4 is 17.0 Å². The third kappa shape index (κ3) is 2.32. The zero-order chi connectivity index (χ0) is 15.7. The van der Waals surface area contributed by atoms with E-state index in [4.69, 9.17) is 9.47 Å². The van der Waals surface area contributed by atoms with Crippen LogP contribution in [0.1, 0.15) is 10.4 Å². The largest absolute Gasteiger partial charge is 0.545 e. The molecule has 0 aliphatic carbocycles. The van der Waals surface area contributed by atoms with E-state index < -0.39 is 5.97 Å². The summed E-state index contributed by atoms with van der Waals surface area (Å²) in [4.78, 5) is 15.4. The van der Waals surface area contributed by atoms with Crippen molar-refractivity contribution < 1.29 is 19.4 Å². The highest BCUT2D eigenvalue weighted by atomic mass is 16.5. The van der Waals surface area contributed by atoms with Crippen molar-refractivity contribution in [3.63, 3.8) is 0 Å². The standard InChI is InChI=1S/C15H13N3O4/c1-18-14-11(8-17-18)13(12(7-16-14)15(19)20)22-10-5-3-9(21-2)4-6-10/h3-8H,1-2H3,(H,19,20)/p-1. The molecule has 7 nitrogen and oxygen atoms in total. The molecule has 0 spiro atoms. The van der Waals surface area contributed by atoms with Gasteiger partial charge in [-0.3, -0.25) is 4.68 Å². The highest BCUT2D eigenvalue weighted by Gasteiger charge is 2.15. The lowest BCUT2D eigenvalue weighted by atomic mass is 10.2. The number of methoxy groups -OCH3 is 1. The van der Waals surface area contributed by atoms with Gasteiger partial charge in [-0.1, -0.05) is 0 Å². The number of carboxylic acid groups (broad SMARTS) is 1. The van der Waals surface area contributed by atoms with Crippen LogP contribution in [-0.4, -0.2) is 27.8 Å². The number of carboxylic acids is 1. The number of aryl methyl sites for hydroxylation is 1. The third-order valence-electron chi connectivity index (χ3n) is 3.21. The molecule has 0 saturated heterocycles. The molecule has 0 aliphatic heterocycles. The molecule has 7 heteroatoms. The highest BCUT2D eigenvalue weighted by molar-refractivity contribution is 5.97. The summed E-state index contributed by atoms with van der Waals surface area (Å²) in [6, 6.07) is 6.80. The van der Waals surface area contributed by atoms with Crippen LogP contribution in [0.15, 0.2) is 36.7 Å². The minimum Gasteiger partial charge on any atom is -0.545 e. The second-order valence-electron chi connectivity index (χ2n) is 4.57. The lowest BCUT2D eigenvalue weighted by Crippen LogP contribution is -2.23. The summed E-state index contributed by atoms with van der Waals surface area (Å²) in [6.07, 6.45) is 2.71. The molecule has 0 bridgehead atoms. The van der Waals surface area contributed by atoms with Crippen molar-refractivity contribution in [1.29, 1.82) is 0 Å². The minimum atomic E-state index is -1.36. The van der Waals surface area contributed by atoms with E-state index in [1.54, 1.807) is 38.4 Å². The summed E-state index contributed by atoms with van der Waals surface area (Å²) in [5, 5.41) is 15.9. The molecule has 0 radical (unpaired) electrons. The first-order valence-corrected chi connectivity index (χ1v) is 6.44. The van der Waals surface area contributed by atoms with Crippen LogP contribution >= 0.6 is 0 Å². The predicted molar refractivity (Wildman–Crippen MR) is 75.9 cm³/mol. The van der Waals surface area contributed by atoms with Crippen molar-refractivity contribution in [1.82, 2.24) is 14.8 Å². The highest BCUT2D eigenvalue weighted by Crippen LogP contribution is 2.32. The molecule has 0 saturated carbocycles. The lowest BCUT2D eigenvalue weighted by Gasteiger charge is -2.13. The van der Waals surface area contributed by atoms with Gasteiger partial charge in [0, 0.05) is 13.2 Å². The van der Waals surface area contributed by atoms with Gasteiger partial charge in [0.2, 0.25) is 0 Å². The number of hydrogen-bond donors (Lipinski definition) is 0. The van der Waals surface area contributed by atoms with Gasteiger partial charge < -0.3 is 19.4 Å². The molecular formula is C15H12N3O4-. The fraction of sp³-hybridized carbons (Fsp3) is 0.133. The maximum absolute atomic E-state index is 11.3. The van der Waals surface area contributed by atoms with Crippen LogP contribution in [0.4, 0.5) is 0 Å². The van der Waals surface area contributed by atoms with E-state index in [1.807, 2.05) is 0 Å². The molecular weight excluding hydrogens is 286 g/mol. The summed E-state index contributed by atoms with van der Waals surface area (Å²) in [6.45, 7) is 0. The quantitative estimate of drug-likeness (QED) is 0.717. The predicted octanol–water partition coefficient (Wildman–Crippen LogP) is 1.13. The second-order valence-corrected chi connectivity index (χ2v) is 4.57. The van der Waals surface area contributed by atoms with Crippen molar-refractivity contribution in [3.05, 3.63) is 42.2 Å². The topological polar surface area (TPSA) is 89.3 Å². The Kier molecular flexibility index (Phi) is 3.38. The Labute approximate surface area is 125 Å². The number of benzene rings is 1. The van der Waals surface area contributed by atoms with Crippen LogP contribution < -0.4 is 14.6 Å². The maximum Gasteiger partial charge on any atom is 0.161 e. The lowest BCUT2D eigenvalue weighted by molar-refractivity contribution is -0.255. The van der Waals surface area contributed by atoms with E-state index in [1.165, 1.54) is 17.1 Å². The van der Waals surface area contributed by atoms with Gasteiger partial charge in [-0.15, -0.1) is 0 Å². The first kappa shape index (κ1) is 13.9. The molecule has 0 atom stereocenters. The van der Waals surface area contributed by atoms with E-state index in [9.17, 15) is 9.90 Å². The molecule has 3 rings (SSSR count). The summed E-state index contributed by atoms with van der Waals surface area (Å²) in [7, 11) is 3.28. The molecule has 1 aromatic carbocycles. The van der Waals surface area contributed by atoms with Crippen LogP contribution in [0.5, 0.6) is 17.2 Å². The molecule has 3 aromatic rings. The minimum absolute atomic E-state index is 0.128. The monoisotopic (exact) mass is 298 g/mol. The Morgan fingerprint density at radius 2 is 1.86 bits per heavy atom. The molecule has 22 heavy (non-hydrogen) atoms. The Bertz CT molecular complexity index is 840. The number of carbonyl (C=O) groups is 1. The second kappa shape index (κ2) is 5.36. The van der Waals surface area contributed by atoms with Crippen LogP contribution in [0, 0.1) is 0 Å². The summed E-state index contributed by atoms with van der Waals surface area (Å²) in [5.74, 6) is -0.0570. The third-order valence-corrected chi connectivity index (χ3v) is 3.21. The van der Waals surface area contributed by atoms with Crippen molar-refractivity contribution in [2.75, 3.05) is 7.11 Å². The zero-order valence-corrected chi connectivity index (χ0v) is 11.9. The van der Waals surface area contributed by atoms with Crippen molar-refractivity contribution in [2.45, 2.75) is 0 Å². The first-order chi connectivity index (χ1) is 10.6. The van der Waals surface area contributed by atoms with E-state index in [0.29, 0.717) is 22.5 Å². The average molecular weight is 298 g/mol. The normalized spacial score (nSPS) is 10.6. The molecule has 2 heterocycles. The Balaban J connectivity index is 2.10. The van der Waals surface area contributed by atoms with Crippen LogP contribution in [0.3, 0.4) is 0 Å². The number of pyridine rings is 1. The Morgan fingerprint density at radius 3 is 2.50 bits per heavy atom. The van der Waals surface area contributed by atoms with E-state index in [-0.39, 0.29) is 11.3 Å². The summed E-state index contributed by atoms with van der Waals surface area (Å²) < 4.78 is 12.3. The smallest absolute Gasteiger partial charge is 0.161 e. The maximum atomic E-state index is 11.3. The molecule has 0 amide bonds. The summed E-state index contributed by atoms with van der Waals surface area (Å²) in [5.41, 5.74) is 0.393. The van der Waals surface area contributed by atoms with Gasteiger partial charge in [0.15, 0.2) is 11.4 Å². The summed E-state index contributed by atoms with van der Waals surface area (Å²) >= 11 is 0. The van der Waals surface area contributed by atoms with Gasteiger partial charge in [0.05, 0.1) is 30.2 Å². The van der Waals surface area contributed by atoms with Crippen molar-refractivity contribution in [3.8, 4) is 17.2 Å². The number of nitrogens with zero attached hydrogens (tertiary/aromatic N) is 3. The number of carbonyl (C=O) groups excluding carboxylic acids is 1. The van der Waals surface area contributed by atoms with E-state index >= 15 is 0 Å². The molecule has 0 fully saturated rings. The van der Waals surface area contributed by atoms with Gasteiger partial charge in [0.1, 0.15) is 11.5 Å².